The molecule has 98 valence electrons. The SMILES string of the molecule is Cc1cc(C)c(NC(=O)N(CCCl)N=O)cc1C. The van der Waals surface area contributed by atoms with E-state index in [1.54, 1.807) is 0 Å². The van der Waals surface area contributed by atoms with Gasteiger partial charge in [0.25, 0.3) is 0 Å². The second kappa shape index (κ2) is 6.35. The molecule has 1 aromatic rings. The van der Waals surface area contributed by atoms with Gasteiger partial charge in [-0.25, -0.2) is 4.79 Å². The molecule has 0 atom stereocenters. The van der Waals surface area contributed by atoms with E-state index in [9.17, 15) is 9.70 Å². The molecule has 0 aromatic heterocycles. The number of amides is 2. The highest BCUT2D eigenvalue weighted by molar-refractivity contribution is 6.18. The molecule has 1 N–H and O–H groups in total. The summed E-state index contributed by atoms with van der Waals surface area (Å²) in [6.07, 6.45) is 0. The third kappa shape index (κ3) is 3.43. The molecule has 5 nitrogen and oxygen atoms in total. The van der Waals surface area contributed by atoms with Crippen LogP contribution in [0, 0.1) is 25.7 Å². The van der Waals surface area contributed by atoms with Gasteiger partial charge in [-0.1, -0.05) is 6.07 Å². The Hall–Kier alpha value is -1.62. The Bertz CT molecular complexity index is 463. The molecular formula is C12H16ClN3O2. The third-order valence-electron chi connectivity index (χ3n) is 2.71. The van der Waals surface area contributed by atoms with Crippen LogP contribution in [0.25, 0.3) is 0 Å². The molecule has 0 aliphatic rings. The van der Waals surface area contributed by atoms with Crippen LogP contribution in [0.4, 0.5) is 10.5 Å². The zero-order valence-corrected chi connectivity index (χ0v) is 11.4. The summed E-state index contributed by atoms with van der Waals surface area (Å²) in [6, 6.07) is 3.27. The summed E-state index contributed by atoms with van der Waals surface area (Å²) in [4.78, 5) is 22.2. The summed E-state index contributed by atoms with van der Waals surface area (Å²) in [6.45, 7) is 5.93. The van der Waals surface area contributed by atoms with Crippen LogP contribution in [0.2, 0.25) is 0 Å². The number of carbonyl (C=O) groups is 1. The summed E-state index contributed by atoms with van der Waals surface area (Å²) >= 11 is 5.48. The number of urea groups is 1. The largest absolute Gasteiger partial charge is 0.344 e. The van der Waals surface area contributed by atoms with Crippen LogP contribution >= 0.6 is 11.6 Å². The first-order valence-corrected chi connectivity index (χ1v) is 6.08. The number of nitroso groups, excluding NO2 is 1. The molecule has 0 saturated heterocycles. The molecule has 0 fully saturated rings. The number of anilines is 1. The Morgan fingerprint density at radius 2 is 1.89 bits per heavy atom. The highest BCUT2D eigenvalue weighted by Crippen LogP contribution is 2.20. The van der Waals surface area contributed by atoms with E-state index in [0.29, 0.717) is 5.69 Å². The number of rotatable bonds is 4. The minimum atomic E-state index is -0.572. The molecule has 0 aliphatic carbocycles. The molecule has 0 heterocycles. The maximum atomic E-state index is 11.7. The van der Waals surface area contributed by atoms with Crippen molar-refractivity contribution in [1.29, 1.82) is 0 Å². The van der Waals surface area contributed by atoms with Crippen LogP contribution in [0.5, 0.6) is 0 Å². The van der Waals surface area contributed by atoms with E-state index < -0.39 is 6.03 Å². The van der Waals surface area contributed by atoms with Crippen LogP contribution in [0.3, 0.4) is 0 Å². The van der Waals surface area contributed by atoms with Crippen molar-refractivity contribution >= 4 is 23.3 Å². The summed E-state index contributed by atoms with van der Waals surface area (Å²) in [5.41, 5.74) is 3.82. The minimum absolute atomic E-state index is 0.0841. The van der Waals surface area contributed by atoms with Gasteiger partial charge in [0.1, 0.15) is 0 Å². The molecule has 1 aromatic carbocycles. The van der Waals surface area contributed by atoms with Crippen LogP contribution in [-0.2, 0) is 0 Å². The van der Waals surface area contributed by atoms with Crippen LogP contribution in [-0.4, -0.2) is 23.5 Å². The lowest BCUT2D eigenvalue weighted by Crippen LogP contribution is -2.31. The molecule has 6 heteroatoms. The molecule has 0 aliphatic heterocycles. The second-order valence-electron chi connectivity index (χ2n) is 4.08. The molecule has 0 radical (unpaired) electrons. The van der Waals surface area contributed by atoms with Crippen molar-refractivity contribution in [3.8, 4) is 0 Å². The van der Waals surface area contributed by atoms with Crippen LogP contribution < -0.4 is 5.32 Å². The highest BCUT2D eigenvalue weighted by Gasteiger charge is 2.14. The first-order chi connectivity index (χ1) is 8.49. The minimum Gasteiger partial charge on any atom is -0.306 e. The quantitative estimate of drug-likeness (QED) is 0.517. The molecule has 0 bridgehead atoms. The molecule has 2 amide bonds. The zero-order valence-electron chi connectivity index (χ0n) is 10.7. The number of alkyl halides is 1. The van der Waals surface area contributed by atoms with Gasteiger partial charge in [-0.15, -0.1) is 16.5 Å². The predicted molar refractivity (Wildman–Crippen MR) is 72.9 cm³/mol. The number of aryl methyl sites for hydroxylation is 3. The third-order valence-corrected chi connectivity index (χ3v) is 2.88. The lowest BCUT2D eigenvalue weighted by Gasteiger charge is -2.15. The van der Waals surface area contributed by atoms with E-state index in [-0.39, 0.29) is 12.4 Å². The Morgan fingerprint density at radius 3 is 2.44 bits per heavy atom. The van der Waals surface area contributed by atoms with Gasteiger partial charge < -0.3 is 5.32 Å². The molecule has 1 rings (SSSR count). The highest BCUT2D eigenvalue weighted by atomic mass is 35.5. The van der Waals surface area contributed by atoms with Crippen molar-refractivity contribution in [1.82, 2.24) is 5.01 Å². The van der Waals surface area contributed by atoms with Gasteiger partial charge in [0, 0.05) is 11.6 Å². The summed E-state index contributed by atoms with van der Waals surface area (Å²) < 4.78 is 0. The normalized spacial score (nSPS) is 10.0. The average Bonchev–Trinajstić information content (AvgIpc) is 2.32. The number of halogens is 1. The van der Waals surface area contributed by atoms with E-state index in [1.165, 1.54) is 0 Å². The number of nitrogens with zero attached hydrogens (tertiary/aromatic N) is 2. The molecule has 18 heavy (non-hydrogen) atoms. The molecular weight excluding hydrogens is 254 g/mol. The maximum absolute atomic E-state index is 11.7. The summed E-state index contributed by atoms with van der Waals surface area (Å²) in [7, 11) is 0. The number of benzene rings is 1. The van der Waals surface area contributed by atoms with Gasteiger partial charge in [0.15, 0.2) is 0 Å². The van der Waals surface area contributed by atoms with Gasteiger partial charge in [0.05, 0.1) is 11.8 Å². The van der Waals surface area contributed by atoms with Gasteiger partial charge >= 0.3 is 6.03 Å². The van der Waals surface area contributed by atoms with Crippen molar-refractivity contribution < 1.29 is 4.79 Å². The van der Waals surface area contributed by atoms with Gasteiger partial charge in [-0.3, -0.25) is 0 Å². The van der Waals surface area contributed by atoms with Crippen LogP contribution in [0.1, 0.15) is 16.7 Å². The van der Waals surface area contributed by atoms with Crippen molar-refractivity contribution in [3.05, 3.63) is 33.7 Å². The van der Waals surface area contributed by atoms with Gasteiger partial charge in [-0.05, 0) is 43.5 Å². The van der Waals surface area contributed by atoms with E-state index >= 15 is 0 Å². The number of carbonyl (C=O) groups excluding carboxylic acids is 1. The topological polar surface area (TPSA) is 61.8 Å². The lowest BCUT2D eigenvalue weighted by molar-refractivity contribution is 0.216. The first kappa shape index (κ1) is 14.4. The Balaban J connectivity index is 2.87. The molecule has 0 saturated carbocycles. The Labute approximate surface area is 111 Å². The van der Waals surface area contributed by atoms with E-state index in [0.717, 1.165) is 21.7 Å². The van der Waals surface area contributed by atoms with Crippen molar-refractivity contribution in [2.75, 3.05) is 17.7 Å². The smallest absolute Gasteiger partial charge is 0.306 e. The van der Waals surface area contributed by atoms with Crippen LogP contribution in [0.15, 0.2) is 17.4 Å². The number of hydrogen-bond donors (Lipinski definition) is 1. The van der Waals surface area contributed by atoms with Crippen molar-refractivity contribution in [3.63, 3.8) is 0 Å². The van der Waals surface area contributed by atoms with Gasteiger partial charge in [0.2, 0.25) is 0 Å². The lowest BCUT2D eigenvalue weighted by atomic mass is 10.1. The van der Waals surface area contributed by atoms with E-state index in [4.69, 9.17) is 11.6 Å². The molecule has 0 spiro atoms. The number of hydrogen-bond acceptors (Lipinski definition) is 3. The van der Waals surface area contributed by atoms with Crippen molar-refractivity contribution in [2.24, 2.45) is 5.29 Å². The summed E-state index contributed by atoms with van der Waals surface area (Å²) in [5.74, 6) is 0.158. The van der Waals surface area contributed by atoms with E-state index in [2.05, 4.69) is 10.6 Å². The maximum Gasteiger partial charge on any atom is 0.344 e. The van der Waals surface area contributed by atoms with Crippen molar-refractivity contribution in [2.45, 2.75) is 20.8 Å². The molecule has 0 unspecified atom stereocenters. The standard InChI is InChI=1S/C12H16ClN3O2/c1-8-6-10(3)11(7-9(8)2)14-12(17)16(15-18)5-4-13/h6-7H,4-5H2,1-3H3,(H,14,17). The second-order valence-corrected chi connectivity index (χ2v) is 4.45. The monoisotopic (exact) mass is 269 g/mol. The fourth-order valence-corrected chi connectivity index (χ4v) is 1.69. The van der Waals surface area contributed by atoms with Gasteiger partial charge in [-0.2, -0.15) is 5.01 Å². The predicted octanol–water partition coefficient (Wildman–Crippen LogP) is 3.37. The average molecular weight is 270 g/mol. The van der Waals surface area contributed by atoms with E-state index in [1.807, 2.05) is 32.9 Å². The number of nitrogens with one attached hydrogen (secondary N) is 1. The fourth-order valence-electron chi connectivity index (χ4n) is 1.53. The fraction of sp³-hybridized carbons (Fsp3) is 0.417. The Morgan fingerprint density at radius 1 is 1.28 bits per heavy atom. The summed E-state index contributed by atoms with van der Waals surface area (Å²) in [5, 5.41) is 6.04. The first-order valence-electron chi connectivity index (χ1n) is 5.55. The zero-order chi connectivity index (χ0) is 13.7. The Kier molecular flexibility index (Phi) is 5.09.